The summed E-state index contributed by atoms with van der Waals surface area (Å²) in [5.74, 6) is -0.361. The van der Waals surface area contributed by atoms with E-state index in [1.165, 1.54) is 6.33 Å². The van der Waals surface area contributed by atoms with Crippen LogP contribution in [0.4, 0.5) is 0 Å². The Morgan fingerprint density at radius 3 is 2.83 bits per heavy atom. The van der Waals surface area contributed by atoms with Gasteiger partial charge in [0.15, 0.2) is 0 Å². The fourth-order valence-corrected chi connectivity index (χ4v) is 1.88. The highest BCUT2D eigenvalue weighted by atomic mass is 16.5. The van der Waals surface area contributed by atoms with E-state index in [-0.39, 0.29) is 5.97 Å². The topological polar surface area (TPSA) is 67.9 Å². The van der Waals surface area contributed by atoms with Crippen LogP contribution < -0.4 is 0 Å². The van der Waals surface area contributed by atoms with Crippen LogP contribution in [0.2, 0.25) is 0 Å². The van der Waals surface area contributed by atoms with E-state index in [0.29, 0.717) is 12.4 Å². The largest absolute Gasteiger partial charge is 0.465 e. The third kappa shape index (κ3) is 2.40. The second-order valence-electron chi connectivity index (χ2n) is 3.91. The number of hydrogen-bond donors (Lipinski definition) is 1. The van der Waals surface area contributed by atoms with Crippen LogP contribution in [0.1, 0.15) is 29.8 Å². The lowest BCUT2D eigenvalue weighted by Gasteiger charge is -2.15. The first-order valence-electron chi connectivity index (χ1n) is 5.81. The molecule has 5 heteroatoms. The van der Waals surface area contributed by atoms with Crippen LogP contribution in [0.5, 0.6) is 0 Å². The summed E-state index contributed by atoms with van der Waals surface area (Å²) in [6.45, 7) is 4.08. The van der Waals surface area contributed by atoms with Crippen molar-refractivity contribution in [1.29, 1.82) is 0 Å². The van der Waals surface area contributed by atoms with Crippen molar-refractivity contribution in [2.45, 2.75) is 19.8 Å². The Balaban J connectivity index is 2.43. The molecule has 0 spiro atoms. The highest BCUT2D eigenvalue weighted by Gasteiger charge is 2.27. The van der Waals surface area contributed by atoms with Crippen molar-refractivity contribution in [1.82, 2.24) is 15.2 Å². The van der Waals surface area contributed by atoms with Gasteiger partial charge in [-0.05, 0) is 25.0 Å². The van der Waals surface area contributed by atoms with Crippen LogP contribution >= 0.6 is 0 Å². The molecule has 0 saturated heterocycles. The zero-order valence-electron chi connectivity index (χ0n) is 10.4. The van der Waals surface area contributed by atoms with Gasteiger partial charge in [-0.1, -0.05) is 24.3 Å². The fraction of sp³-hybridized carbons (Fsp3) is 0.308. The number of hydrogen-bond acceptors (Lipinski definition) is 4. The number of benzene rings is 1. The summed E-state index contributed by atoms with van der Waals surface area (Å²) >= 11 is 0. The quantitative estimate of drug-likeness (QED) is 0.834. The van der Waals surface area contributed by atoms with E-state index < -0.39 is 5.92 Å². The van der Waals surface area contributed by atoms with Gasteiger partial charge in [0.2, 0.25) is 0 Å². The molecule has 1 heterocycles. The number of esters is 1. The Kier molecular flexibility index (Phi) is 3.72. The molecule has 1 aromatic heterocycles. The number of carbonyl (C=O) groups is 1. The lowest BCUT2D eigenvalue weighted by atomic mass is 9.94. The van der Waals surface area contributed by atoms with E-state index in [1.807, 2.05) is 31.2 Å². The van der Waals surface area contributed by atoms with Crippen molar-refractivity contribution in [3.63, 3.8) is 0 Å². The van der Waals surface area contributed by atoms with E-state index in [4.69, 9.17) is 4.74 Å². The maximum absolute atomic E-state index is 12.1. The summed E-state index contributed by atoms with van der Waals surface area (Å²) in [5, 5.41) is 6.54. The smallest absolute Gasteiger partial charge is 0.321 e. The van der Waals surface area contributed by atoms with E-state index in [0.717, 1.165) is 11.1 Å². The maximum Gasteiger partial charge on any atom is 0.321 e. The molecule has 0 aliphatic carbocycles. The molecule has 1 aromatic carbocycles. The second-order valence-corrected chi connectivity index (χ2v) is 3.91. The first-order chi connectivity index (χ1) is 8.74. The Morgan fingerprint density at radius 1 is 1.44 bits per heavy atom. The number of aromatic amines is 1. The minimum atomic E-state index is -0.548. The molecule has 1 N–H and O–H groups in total. The van der Waals surface area contributed by atoms with E-state index in [9.17, 15) is 4.79 Å². The molecule has 1 atom stereocenters. The van der Waals surface area contributed by atoms with Gasteiger partial charge in [0, 0.05) is 0 Å². The molecule has 18 heavy (non-hydrogen) atoms. The molecule has 0 saturated carbocycles. The molecule has 2 rings (SSSR count). The monoisotopic (exact) mass is 245 g/mol. The first-order valence-corrected chi connectivity index (χ1v) is 5.81. The standard InChI is InChI=1S/C13H15N3O2/c1-3-18-13(17)11(12-14-8-15-16-12)10-7-5-4-6-9(10)2/h4-8,11H,3H2,1-2H3,(H,14,15,16). The zero-order valence-corrected chi connectivity index (χ0v) is 10.4. The maximum atomic E-state index is 12.1. The third-order valence-corrected chi connectivity index (χ3v) is 2.73. The average molecular weight is 245 g/mol. The number of aromatic nitrogens is 3. The molecule has 0 bridgehead atoms. The zero-order chi connectivity index (χ0) is 13.0. The summed E-state index contributed by atoms with van der Waals surface area (Å²) in [6.07, 6.45) is 1.39. The molecule has 0 aliphatic rings. The predicted molar refractivity (Wildman–Crippen MR) is 66.0 cm³/mol. The first kappa shape index (κ1) is 12.3. The van der Waals surface area contributed by atoms with Gasteiger partial charge in [0.05, 0.1) is 6.61 Å². The summed E-state index contributed by atoms with van der Waals surface area (Å²) in [5.41, 5.74) is 1.90. The highest BCUT2D eigenvalue weighted by Crippen LogP contribution is 2.25. The Bertz CT molecular complexity index is 523. The minimum Gasteiger partial charge on any atom is -0.465 e. The van der Waals surface area contributed by atoms with Crippen LogP contribution in [0.15, 0.2) is 30.6 Å². The molecule has 2 aromatic rings. The van der Waals surface area contributed by atoms with Crippen molar-refractivity contribution >= 4 is 5.97 Å². The second kappa shape index (κ2) is 5.44. The molecule has 0 aliphatic heterocycles. The lowest BCUT2D eigenvalue weighted by Crippen LogP contribution is -2.19. The van der Waals surface area contributed by atoms with E-state index in [2.05, 4.69) is 15.2 Å². The third-order valence-electron chi connectivity index (χ3n) is 2.73. The Morgan fingerprint density at radius 2 is 2.22 bits per heavy atom. The summed E-state index contributed by atoms with van der Waals surface area (Å²) in [7, 11) is 0. The van der Waals surface area contributed by atoms with Gasteiger partial charge in [0.1, 0.15) is 18.1 Å². The minimum absolute atomic E-state index is 0.316. The van der Waals surface area contributed by atoms with Gasteiger partial charge in [-0.25, -0.2) is 4.98 Å². The molecule has 0 radical (unpaired) electrons. The van der Waals surface area contributed by atoms with Crippen LogP contribution in [0.25, 0.3) is 0 Å². The highest BCUT2D eigenvalue weighted by molar-refractivity contribution is 5.81. The number of nitrogens with one attached hydrogen (secondary N) is 1. The van der Waals surface area contributed by atoms with Gasteiger partial charge in [0.25, 0.3) is 0 Å². The Hall–Kier alpha value is -2.17. The number of aryl methyl sites for hydroxylation is 1. The summed E-state index contributed by atoms with van der Waals surface area (Å²) in [4.78, 5) is 16.2. The van der Waals surface area contributed by atoms with Gasteiger partial charge in [-0.3, -0.25) is 9.89 Å². The fourth-order valence-electron chi connectivity index (χ4n) is 1.88. The molecule has 1 unspecified atom stereocenters. The molecular weight excluding hydrogens is 230 g/mol. The van der Waals surface area contributed by atoms with Gasteiger partial charge < -0.3 is 4.74 Å². The van der Waals surface area contributed by atoms with Crippen LogP contribution in [-0.2, 0) is 9.53 Å². The molecule has 94 valence electrons. The summed E-state index contributed by atoms with van der Waals surface area (Å²) in [6, 6.07) is 7.68. The average Bonchev–Trinajstić information content (AvgIpc) is 2.86. The molecule has 0 amide bonds. The van der Waals surface area contributed by atoms with Crippen molar-refractivity contribution in [3.8, 4) is 0 Å². The predicted octanol–water partition coefficient (Wildman–Crippen LogP) is 1.81. The Labute approximate surface area is 105 Å². The van der Waals surface area contributed by atoms with Crippen molar-refractivity contribution in [2.24, 2.45) is 0 Å². The van der Waals surface area contributed by atoms with Crippen molar-refractivity contribution in [3.05, 3.63) is 47.5 Å². The normalized spacial score (nSPS) is 12.1. The number of rotatable bonds is 4. The van der Waals surface area contributed by atoms with Crippen LogP contribution in [0, 0.1) is 6.92 Å². The van der Waals surface area contributed by atoms with Crippen molar-refractivity contribution in [2.75, 3.05) is 6.61 Å². The van der Waals surface area contributed by atoms with E-state index in [1.54, 1.807) is 6.92 Å². The molecule has 0 fully saturated rings. The SMILES string of the molecule is CCOC(=O)C(c1ncn[nH]1)c1ccccc1C. The van der Waals surface area contributed by atoms with Gasteiger partial charge >= 0.3 is 5.97 Å². The number of H-pyrrole nitrogens is 1. The van der Waals surface area contributed by atoms with Crippen molar-refractivity contribution < 1.29 is 9.53 Å². The van der Waals surface area contributed by atoms with Gasteiger partial charge in [-0.2, -0.15) is 5.10 Å². The van der Waals surface area contributed by atoms with Crippen LogP contribution in [0.3, 0.4) is 0 Å². The number of ether oxygens (including phenoxy) is 1. The van der Waals surface area contributed by atoms with Gasteiger partial charge in [-0.15, -0.1) is 0 Å². The number of nitrogens with zero attached hydrogens (tertiary/aromatic N) is 2. The van der Waals surface area contributed by atoms with E-state index >= 15 is 0 Å². The lowest BCUT2D eigenvalue weighted by molar-refractivity contribution is -0.144. The molecule has 5 nitrogen and oxygen atoms in total. The number of carbonyl (C=O) groups excluding carboxylic acids is 1. The molecular formula is C13H15N3O2. The van der Waals surface area contributed by atoms with Crippen LogP contribution in [-0.4, -0.2) is 27.8 Å². The summed E-state index contributed by atoms with van der Waals surface area (Å²) < 4.78 is 5.11.